The fraction of sp³-hybridized carbons (Fsp3) is 0.467. The van der Waals surface area contributed by atoms with Gasteiger partial charge in [0.2, 0.25) is 0 Å². The van der Waals surface area contributed by atoms with E-state index in [1.807, 2.05) is 10.6 Å². The van der Waals surface area contributed by atoms with Crippen LogP contribution in [0.25, 0.3) is 11.0 Å². The number of nitrogens with zero attached hydrogens (tertiary/aromatic N) is 2. The molecule has 1 fully saturated rings. The molecule has 3 rings (SSSR count). The summed E-state index contributed by atoms with van der Waals surface area (Å²) in [4.78, 5) is 15.1. The highest BCUT2D eigenvalue weighted by atomic mass is 32.2. The Bertz CT molecular complexity index is 686. The molecule has 1 N–H and O–H groups in total. The van der Waals surface area contributed by atoms with Gasteiger partial charge < -0.3 is 9.67 Å². The number of benzene rings is 1. The van der Waals surface area contributed by atoms with Crippen molar-refractivity contribution in [2.75, 3.05) is 5.75 Å². The van der Waals surface area contributed by atoms with E-state index in [1.54, 1.807) is 6.07 Å². The normalized spacial score (nSPS) is 20.9. The maximum atomic E-state index is 13.9. The zero-order valence-corrected chi connectivity index (χ0v) is 12.6. The Morgan fingerprint density at radius 3 is 3.10 bits per heavy atom. The molecule has 1 aliphatic rings. The maximum absolute atomic E-state index is 13.9. The smallest absolute Gasteiger partial charge is 0.313 e. The van der Waals surface area contributed by atoms with E-state index in [2.05, 4.69) is 11.9 Å². The average Bonchev–Trinajstić information content (AvgIpc) is 3.08. The van der Waals surface area contributed by atoms with Crippen molar-refractivity contribution in [2.45, 2.75) is 37.4 Å². The van der Waals surface area contributed by atoms with Gasteiger partial charge in [0, 0.05) is 6.04 Å². The van der Waals surface area contributed by atoms with Crippen molar-refractivity contribution in [1.29, 1.82) is 0 Å². The van der Waals surface area contributed by atoms with Gasteiger partial charge in [-0.15, -0.1) is 0 Å². The molecule has 0 amide bonds. The van der Waals surface area contributed by atoms with Crippen LogP contribution in [0.5, 0.6) is 0 Å². The summed E-state index contributed by atoms with van der Waals surface area (Å²) in [5.41, 5.74) is 1.11. The van der Waals surface area contributed by atoms with E-state index < -0.39 is 5.97 Å². The highest BCUT2D eigenvalue weighted by Gasteiger charge is 2.40. The number of imidazole rings is 1. The molecular weight excluding hydrogens is 291 g/mol. The van der Waals surface area contributed by atoms with E-state index in [-0.39, 0.29) is 11.6 Å². The number of thioether (sulfide) groups is 1. The summed E-state index contributed by atoms with van der Waals surface area (Å²) >= 11 is 1.16. The molecule has 1 aliphatic carbocycles. The minimum absolute atomic E-state index is 0.0594. The van der Waals surface area contributed by atoms with Crippen LogP contribution in [0.4, 0.5) is 4.39 Å². The first-order valence-electron chi connectivity index (χ1n) is 7.12. The summed E-state index contributed by atoms with van der Waals surface area (Å²) in [5, 5.41) is 9.47. The number of fused-ring (bicyclic) bond motifs is 1. The molecule has 112 valence electrons. The molecule has 1 saturated carbocycles. The van der Waals surface area contributed by atoms with Gasteiger partial charge in [-0.3, -0.25) is 4.79 Å². The first-order valence-corrected chi connectivity index (χ1v) is 8.11. The fourth-order valence-corrected chi connectivity index (χ4v) is 3.62. The first-order chi connectivity index (χ1) is 10.1. The van der Waals surface area contributed by atoms with Crippen LogP contribution < -0.4 is 0 Å². The number of halogens is 1. The molecule has 4 nitrogen and oxygen atoms in total. The Morgan fingerprint density at radius 2 is 2.38 bits per heavy atom. The van der Waals surface area contributed by atoms with Gasteiger partial charge in [0.1, 0.15) is 5.52 Å². The second kappa shape index (κ2) is 5.67. The van der Waals surface area contributed by atoms with Crippen LogP contribution in [-0.4, -0.2) is 26.4 Å². The molecule has 2 aromatic rings. The Balaban J connectivity index is 2.00. The standard InChI is InChI=1S/C15H17FN2O2S/c1-2-4-9-7-12(9)18-11-6-3-5-10(16)14(11)17-15(18)21-8-13(19)20/h3,5-6,9,12H,2,4,7-8H2,1H3,(H,19,20). The maximum Gasteiger partial charge on any atom is 0.313 e. The average molecular weight is 308 g/mol. The van der Waals surface area contributed by atoms with Crippen molar-refractivity contribution in [2.24, 2.45) is 5.92 Å². The Kier molecular flexibility index (Phi) is 3.89. The van der Waals surface area contributed by atoms with Gasteiger partial charge >= 0.3 is 5.97 Å². The summed E-state index contributed by atoms with van der Waals surface area (Å²) in [7, 11) is 0. The van der Waals surface area contributed by atoms with Crippen molar-refractivity contribution in [3.63, 3.8) is 0 Å². The molecule has 21 heavy (non-hydrogen) atoms. The van der Waals surface area contributed by atoms with E-state index in [1.165, 1.54) is 6.07 Å². The minimum Gasteiger partial charge on any atom is -0.481 e. The number of aromatic nitrogens is 2. The number of rotatable bonds is 6. The number of hydrogen-bond donors (Lipinski definition) is 1. The van der Waals surface area contributed by atoms with Crippen LogP contribution in [0.15, 0.2) is 23.4 Å². The lowest BCUT2D eigenvalue weighted by molar-refractivity contribution is -0.133. The largest absolute Gasteiger partial charge is 0.481 e. The summed E-state index contributed by atoms with van der Waals surface area (Å²) < 4.78 is 15.9. The lowest BCUT2D eigenvalue weighted by Crippen LogP contribution is -2.03. The number of para-hydroxylation sites is 1. The van der Waals surface area contributed by atoms with Gasteiger partial charge in [-0.25, -0.2) is 9.37 Å². The predicted octanol–water partition coefficient (Wildman–Crippen LogP) is 3.71. The summed E-state index contributed by atoms with van der Waals surface area (Å²) in [6.45, 7) is 2.15. The molecule has 2 atom stereocenters. The van der Waals surface area contributed by atoms with Crippen LogP contribution in [0.3, 0.4) is 0 Å². The topological polar surface area (TPSA) is 55.1 Å². The lowest BCUT2D eigenvalue weighted by atomic mass is 10.2. The third-order valence-electron chi connectivity index (χ3n) is 3.84. The van der Waals surface area contributed by atoms with Gasteiger partial charge in [0.05, 0.1) is 11.3 Å². The number of aliphatic carboxylic acids is 1. The van der Waals surface area contributed by atoms with E-state index in [0.29, 0.717) is 22.6 Å². The van der Waals surface area contributed by atoms with Gasteiger partial charge in [-0.2, -0.15) is 0 Å². The Morgan fingerprint density at radius 1 is 1.57 bits per heavy atom. The van der Waals surface area contributed by atoms with Crippen LogP contribution in [-0.2, 0) is 4.79 Å². The fourth-order valence-electron chi connectivity index (χ4n) is 2.84. The molecule has 1 aromatic heterocycles. The third kappa shape index (κ3) is 2.77. The molecule has 2 unspecified atom stereocenters. The molecule has 0 aliphatic heterocycles. The third-order valence-corrected chi connectivity index (χ3v) is 4.78. The van der Waals surface area contributed by atoms with E-state index in [4.69, 9.17) is 5.11 Å². The summed E-state index contributed by atoms with van der Waals surface area (Å²) in [6.07, 6.45) is 3.33. The Hall–Kier alpha value is -1.56. The summed E-state index contributed by atoms with van der Waals surface area (Å²) in [6, 6.07) is 5.26. The summed E-state index contributed by atoms with van der Waals surface area (Å²) in [5.74, 6) is -0.702. The minimum atomic E-state index is -0.889. The Labute approximate surface area is 126 Å². The van der Waals surface area contributed by atoms with Gasteiger partial charge in [0.25, 0.3) is 0 Å². The van der Waals surface area contributed by atoms with Crippen LogP contribution in [0.2, 0.25) is 0 Å². The zero-order chi connectivity index (χ0) is 15.0. The monoisotopic (exact) mass is 308 g/mol. The molecule has 1 heterocycles. The van der Waals surface area contributed by atoms with Crippen LogP contribution >= 0.6 is 11.8 Å². The van der Waals surface area contributed by atoms with Crippen molar-refractivity contribution in [3.8, 4) is 0 Å². The molecule has 1 aromatic carbocycles. The van der Waals surface area contributed by atoms with Gasteiger partial charge in [0.15, 0.2) is 11.0 Å². The van der Waals surface area contributed by atoms with E-state index in [9.17, 15) is 9.18 Å². The lowest BCUT2D eigenvalue weighted by Gasteiger charge is -2.07. The predicted molar refractivity (Wildman–Crippen MR) is 80.1 cm³/mol. The zero-order valence-electron chi connectivity index (χ0n) is 11.8. The van der Waals surface area contributed by atoms with Crippen molar-refractivity contribution in [3.05, 3.63) is 24.0 Å². The van der Waals surface area contributed by atoms with Gasteiger partial charge in [-0.1, -0.05) is 31.2 Å². The first kappa shape index (κ1) is 14.4. The molecular formula is C15H17FN2O2S. The van der Waals surface area contributed by atoms with E-state index in [0.717, 1.165) is 36.5 Å². The second-order valence-corrected chi connectivity index (χ2v) is 6.35. The van der Waals surface area contributed by atoms with Gasteiger partial charge in [-0.05, 0) is 30.9 Å². The molecule has 0 spiro atoms. The second-order valence-electron chi connectivity index (χ2n) is 5.41. The SMILES string of the molecule is CCCC1CC1n1c(SCC(=O)O)nc2c(F)cccc21. The number of hydrogen-bond acceptors (Lipinski definition) is 3. The number of carboxylic acid groups (broad SMARTS) is 1. The molecule has 0 bridgehead atoms. The highest BCUT2D eigenvalue weighted by Crippen LogP contribution is 2.49. The molecule has 6 heteroatoms. The van der Waals surface area contributed by atoms with Crippen molar-refractivity contribution < 1.29 is 14.3 Å². The van der Waals surface area contributed by atoms with Crippen LogP contribution in [0, 0.1) is 11.7 Å². The number of carboxylic acids is 1. The van der Waals surface area contributed by atoms with E-state index >= 15 is 0 Å². The van der Waals surface area contributed by atoms with Crippen molar-refractivity contribution in [1.82, 2.24) is 9.55 Å². The molecule has 0 saturated heterocycles. The number of carbonyl (C=O) groups is 1. The quantitative estimate of drug-likeness (QED) is 0.826. The highest BCUT2D eigenvalue weighted by molar-refractivity contribution is 7.99. The van der Waals surface area contributed by atoms with Crippen LogP contribution in [0.1, 0.15) is 32.2 Å². The molecule has 0 radical (unpaired) electrons. The van der Waals surface area contributed by atoms with Crippen molar-refractivity contribution >= 4 is 28.8 Å².